The summed E-state index contributed by atoms with van der Waals surface area (Å²) in [5, 5.41) is 0. The Balaban J connectivity index is 1.72. The zero-order valence-electron chi connectivity index (χ0n) is 13.5. The molecule has 3 amide bonds. The number of carbonyl (C=O) groups is 3. The van der Waals surface area contributed by atoms with Crippen molar-refractivity contribution in [1.29, 1.82) is 0 Å². The lowest BCUT2D eigenvalue weighted by atomic mass is 10.1. The molecule has 0 N–H and O–H groups in total. The average molecular weight is 316 g/mol. The van der Waals surface area contributed by atoms with E-state index in [4.69, 9.17) is 4.74 Å². The Bertz CT molecular complexity index is 642. The smallest absolute Gasteiger partial charge is 0.410 e. The molecule has 6 nitrogen and oxygen atoms in total. The number of likely N-dealkylation sites (tertiary alicyclic amines) is 1. The highest BCUT2D eigenvalue weighted by molar-refractivity contribution is 6.21. The lowest BCUT2D eigenvalue weighted by Crippen LogP contribution is -2.43. The van der Waals surface area contributed by atoms with Crippen molar-refractivity contribution in [2.75, 3.05) is 13.1 Å². The maximum atomic E-state index is 12.5. The Kier molecular flexibility index (Phi) is 3.62. The van der Waals surface area contributed by atoms with Crippen molar-refractivity contribution in [3.63, 3.8) is 0 Å². The number of ether oxygens (including phenoxy) is 1. The molecule has 0 spiro atoms. The van der Waals surface area contributed by atoms with Gasteiger partial charge < -0.3 is 9.64 Å². The standard InChI is InChI=1S/C17H20N2O4/c1-17(2,3)23-16(22)18-9-8-11(10-18)19-14(20)12-6-4-5-7-13(12)15(19)21/h4-7,11H,8-10H2,1-3H3/t11-/m1/s1. The minimum absolute atomic E-state index is 0.276. The fraction of sp³-hybridized carbons (Fsp3) is 0.471. The van der Waals surface area contributed by atoms with Crippen molar-refractivity contribution >= 4 is 17.9 Å². The second kappa shape index (κ2) is 5.37. The Hall–Kier alpha value is -2.37. The normalized spacial score (nSPS) is 20.9. The fourth-order valence-corrected chi connectivity index (χ4v) is 2.98. The molecule has 0 aliphatic carbocycles. The van der Waals surface area contributed by atoms with Crippen LogP contribution >= 0.6 is 0 Å². The lowest BCUT2D eigenvalue weighted by molar-refractivity contribution is 0.0273. The largest absolute Gasteiger partial charge is 0.444 e. The highest BCUT2D eigenvalue weighted by atomic mass is 16.6. The highest BCUT2D eigenvalue weighted by Gasteiger charge is 2.43. The van der Waals surface area contributed by atoms with Crippen LogP contribution in [-0.4, -0.2) is 52.4 Å². The van der Waals surface area contributed by atoms with E-state index >= 15 is 0 Å². The third-order valence-electron chi connectivity index (χ3n) is 4.01. The Labute approximate surface area is 135 Å². The molecule has 0 bridgehead atoms. The van der Waals surface area contributed by atoms with E-state index in [1.807, 2.05) is 20.8 Å². The van der Waals surface area contributed by atoms with Crippen LogP contribution in [0, 0.1) is 0 Å². The first-order valence-electron chi connectivity index (χ1n) is 7.73. The Morgan fingerprint density at radius 2 is 1.70 bits per heavy atom. The van der Waals surface area contributed by atoms with E-state index in [1.54, 1.807) is 29.2 Å². The van der Waals surface area contributed by atoms with Crippen molar-refractivity contribution in [3.8, 4) is 0 Å². The van der Waals surface area contributed by atoms with Gasteiger partial charge >= 0.3 is 6.09 Å². The maximum Gasteiger partial charge on any atom is 0.410 e. The van der Waals surface area contributed by atoms with Crippen LogP contribution in [0.5, 0.6) is 0 Å². The molecule has 122 valence electrons. The first-order chi connectivity index (χ1) is 10.8. The summed E-state index contributed by atoms with van der Waals surface area (Å²) in [5.41, 5.74) is 0.312. The van der Waals surface area contributed by atoms with E-state index in [1.165, 1.54) is 4.90 Å². The van der Waals surface area contributed by atoms with Crippen molar-refractivity contribution in [2.24, 2.45) is 0 Å². The molecule has 1 aromatic rings. The van der Waals surface area contributed by atoms with E-state index in [2.05, 4.69) is 0 Å². The number of imide groups is 1. The van der Waals surface area contributed by atoms with Crippen LogP contribution in [-0.2, 0) is 4.74 Å². The minimum atomic E-state index is -0.565. The van der Waals surface area contributed by atoms with Crippen molar-refractivity contribution < 1.29 is 19.1 Å². The first kappa shape index (κ1) is 15.5. The van der Waals surface area contributed by atoms with Crippen LogP contribution in [0.3, 0.4) is 0 Å². The van der Waals surface area contributed by atoms with E-state index in [0.29, 0.717) is 30.6 Å². The molecule has 1 saturated heterocycles. The molecule has 23 heavy (non-hydrogen) atoms. The first-order valence-corrected chi connectivity index (χ1v) is 7.73. The van der Waals surface area contributed by atoms with Gasteiger partial charge in [-0.15, -0.1) is 0 Å². The van der Waals surface area contributed by atoms with Gasteiger partial charge in [0, 0.05) is 13.1 Å². The molecule has 2 heterocycles. The zero-order chi connectivity index (χ0) is 16.8. The molecule has 0 aromatic heterocycles. The fourth-order valence-electron chi connectivity index (χ4n) is 2.98. The van der Waals surface area contributed by atoms with Crippen LogP contribution in [0.2, 0.25) is 0 Å². The molecule has 2 aliphatic rings. The van der Waals surface area contributed by atoms with Crippen molar-refractivity contribution in [1.82, 2.24) is 9.80 Å². The molecule has 6 heteroatoms. The molecule has 0 saturated carbocycles. The molecule has 0 radical (unpaired) electrons. The molecular formula is C17H20N2O4. The van der Waals surface area contributed by atoms with Gasteiger partial charge in [0.15, 0.2) is 0 Å². The quantitative estimate of drug-likeness (QED) is 0.746. The summed E-state index contributed by atoms with van der Waals surface area (Å²) in [6.45, 7) is 6.22. The number of fused-ring (bicyclic) bond motifs is 1. The number of hydrogen-bond acceptors (Lipinski definition) is 4. The van der Waals surface area contributed by atoms with Gasteiger partial charge in [-0.2, -0.15) is 0 Å². The topological polar surface area (TPSA) is 66.9 Å². The monoisotopic (exact) mass is 316 g/mol. The molecule has 1 aromatic carbocycles. The Morgan fingerprint density at radius 1 is 1.13 bits per heavy atom. The number of benzene rings is 1. The summed E-state index contributed by atoms with van der Waals surface area (Å²) in [6, 6.07) is 6.52. The van der Waals surface area contributed by atoms with Crippen LogP contribution in [0.25, 0.3) is 0 Å². The lowest BCUT2D eigenvalue weighted by Gasteiger charge is -2.25. The highest BCUT2D eigenvalue weighted by Crippen LogP contribution is 2.28. The summed E-state index contributed by atoms with van der Waals surface area (Å²) in [6.07, 6.45) is 0.168. The van der Waals surface area contributed by atoms with E-state index in [-0.39, 0.29) is 17.9 Å². The summed E-state index contributed by atoms with van der Waals surface area (Å²) in [4.78, 5) is 39.9. The average Bonchev–Trinajstić information content (AvgIpc) is 3.03. The number of amides is 3. The van der Waals surface area contributed by atoms with Gasteiger partial charge in [0.1, 0.15) is 5.60 Å². The second-order valence-electron chi connectivity index (χ2n) is 6.89. The molecule has 1 fully saturated rings. The summed E-state index contributed by atoms with van der Waals surface area (Å²) < 4.78 is 5.35. The molecular weight excluding hydrogens is 296 g/mol. The maximum absolute atomic E-state index is 12.5. The molecule has 1 atom stereocenters. The third kappa shape index (κ3) is 2.81. The van der Waals surface area contributed by atoms with Gasteiger partial charge in [-0.1, -0.05) is 12.1 Å². The molecule has 0 unspecified atom stereocenters. The second-order valence-corrected chi connectivity index (χ2v) is 6.89. The van der Waals surface area contributed by atoms with Crippen molar-refractivity contribution in [3.05, 3.63) is 35.4 Å². The number of rotatable bonds is 1. The van der Waals surface area contributed by atoms with Gasteiger partial charge in [-0.05, 0) is 39.3 Å². The van der Waals surface area contributed by atoms with Crippen LogP contribution in [0.15, 0.2) is 24.3 Å². The predicted molar refractivity (Wildman–Crippen MR) is 83.2 cm³/mol. The molecule has 2 aliphatic heterocycles. The minimum Gasteiger partial charge on any atom is -0.444 e. The zero-order valence-corrected chi connectivity index (χ0v) is 13.5. The Morgan fingerprint density at radius 3 is 2.22 bits per heavy atom. The van der Waals surface area contributed by atoms with Crippen molar-refractivity contribution in [2.45, 2.75) is 38.8 Å². The van der Waals surface area contributed by atoms with Crippen LogP contribution in [0.4, 0.5) is 4.79 Å². The van der Waals surface area contributed by atoms with E-state index < -0.39 is 11.7 Å². The molecule has 3 rings (SSSR count). The van der Waals surface area contributed by atoms with E-state index in [9.17, 15) is 14.4 Å². The van der Waals surface area contributed by atoms with Gasteiger partial charge in [0.25, 0.3) is 11.8 Å². The van der Waals surface area contributed by atoms with Gasteiger partial charge in [0.05, 0.1) is 17.2 Å². The van der Waals surface area contributed by atoms with E-state index in [0.717, 1.165) is 0 Å². The van der Waals surface area contributed by atoms with Crippen LogP contribution < -0.4 is 0 Å². The number of nitrogens with zero attached hydrogens (tertiary/aromatic N) is 2. The third-order valence-corrected chi connectivity index (χ3v) is 4.01. The SMILES string of the molecule is CC(C)(C)OC(=O)N1CC[C@@H](N2C(=O)c3ccccc3C2=O)C1. The van der Waals surface area contributed by atoms with Crippen LogP contribution in [0.1, 0.15) is 47.9 Å². The van der Waals surface area contributed by atoms with Gasteiger partial charge in [-0.3, -0.25) is 14.5 Å². The predicted octanol–water partition coefficient (Wildman–Crippen LogP) is 2.29. The van der Waals surface area contributed by atoms with Gasteiger partial charge in [0.2, 0.25) is 0 Å². The summed E-state index contributed by atoms with van der Waals surface area (Å²) in [7, 11) is 0. The number of carbonyl (C=O) groups excluding carboxylic acids is 3. The van der Waals surface area contributed by atoms with Gasteiger partial charge in [-0.25, -0.2) is 4.79 Å². The summed E-state index contributed by atoms with van der Waals surface area (Å²) >= 11 is 0. The summed E-state index contributed by atoms with van der Waals surface area (Å²) in [5.74, 6) is -0.553. The number of hydrogen-bond donors (Lipinski definition) is 0.